The highest BCUT2D eigenvalue weighted by atomic mass is 16.4. The van der Waals surface area contributed by atoms with E-state index in [9.17, 15) is 44.7 Å². The number of aromatic hydroxyl groups is 1. The van der Waals surface area contributed by atoms with Crippen molar-refractivity contribution < 1.29 is 44.7 Å². The fourth-order valence-corrected chi connectivity index (χ4v) is 6.63. The lowest BCUT2D eigenvalue weighted by Gasteiger charge is -2.53. The molecule has 11 heteroatoms. The summed E-state index contributed by atoms with van der Waals surface area (Å²) in [5.41, 5.74) is 2.23. The van der Waals surface area contributed by atoms with Gasteiger partial charge < -0.3 is 31.3 Å². The summed E-state index contributed by atoms with van der Waals surface area (Å²) >= 11 is 0. The van der Waals surface area contributed by atoms with Gasteiger partial charge in [0.1, 0.15) is 29.1 Å². The number of aldehydes is 1. The first-order valence-corrected chi connectivity index (χ1v) is 12.5. The van der Waals surface area contributed by atoms with Gasteiger partial charge in [-0.2, -0.15) is 0 Å². The predicted molar refractivity (Wildman–Crippen MR) is 141 cm³/mol. The van der Waals surface area contributed by atoms with Gasteiger partial charge in [-0.1, -0.05) is 37.3 Å². The average Bonchev–Trinajstić information content (AvgIpc) is 2.90. The van der Waals surface area contributed by atoms with Gasteiger partial charge in [0.05, 0.1) is 23.6 Å². The Morgan fingerprint density at radius 2 is 1.77 bits per heavy atom. The number of carbonyl (C=O) groups is 4. The minimum atomic E-state index is -2.98. The number of hydrogen-bond acceptors (Lipinski definition) is 10. The van der Waals surface area contributed by atoms with Gasteiger partial charge in [0, 0.05) is 22.6 Å². The molecule has 2 aromatic carbocycles. The lowest BCUT2D eigenvalue weighted by atomic mass is 9.54. The Kier molecular flexibility index (Phi) is 6.21. The Morgan fingerprint density at radius 3 is 2.38 bits per heavy atom. The quantitative estimate of drug-likeness (QED) is 0.236. The van der Waals surface area contributed by atoms with Crippen LogP contribution in [0.2, 0.25) is 0 Å². The first-order valence-electron chi connectivity index (χ1n) is 12.5. The molecule has 0 aliphatic heterocycles. The molecule has 208 valence electrons. The van der Waals surface area contributed by atoms with Gasteiger partial charge in [0.25, 0.3) is 5.91 Å². The second kappa shape index (κ2) is 9.12. The lowest BCUT2D eigenvalue weighted by Crippen LogP contribution is -2.70. The van der Waals surface area contributed by atoms with E-state index >= 15 is 0 Å². The number of phenolic OH excluding ortho intramolecular Hbond substituents is 1. The predicted octanol–water partition coefficient (Wildman–Crippen LogP) is 0.975. The highest BCUT2D eigenvalue weighted by molar-refractivity contribution is 6.24. The number of primary amides is 1. The van der Waals surface area contributed by atoms with Crippen molar-refractivity contribution in [1.29, 1.82) is 0 Å². The van der Waals surface area contributed by atoms with Crippen LogP contribution in [0.4, 0.5) is 0 Å². The zero-order valence-corrected chi connectivity index (χ0v) is 21.8. The van der Waals surface area contributed by atoms with Crippen molar-refractivity contribution in [2.75, 3.05) is 14.1 Å². The standard InChI is InChI=1S/C29H28N2O9/c1-11-14-7-8-15(13-6-4-5-12(9-13)10-32)22(33)17(14)23(34)18-16(11)24(35)20-21(31(2)3)25(36)19(28(30)39)27(38)29(20,40)26(18)37/h4-11,16,20-21,24,33-35,38,40H,1-3H3,(H2,30,39). The summed E-state index contributed by atoms with van der Waals surface area (Å²) in [6, 6.07) is 8.15. The van der Waals surface area contributed by atoms with E-state index in [2.05, 4.69) is 0 Å². The van der Waals surface area contributed by atoms with Crippen LogP contribution in [-0.4, -0.2) is 86.0 Å². The van der Waals surface area contributed by atoms with E-state index < -0.39 is 81.4 Å². The summed E-state index contributed by atoms with van der Waals surface area (Å²) < 4.78 is 0. The number of ketones is 2. The van der Waals surface area contributed by atoms with Gasteiger partial charge in [-0.15, -0.1) is 0 Å². The van der Waals surface area contributed by atoms with Crippen molar-refractivity contribution in [3.05, 3.63) is 70.0 Å². The van der Waals surface area contributed by atoms with Crippen LogP contribution in [0.25, 0.3) is 16.9 Å². The van der Waals surface area contributed by atoms with Gasteiger partial charge in [-0.3, -0.25) is 24.1 Å². The van der Waals surface area contributed by atoms with E-state index in [-0.39, 0.29) is 11.1 Å². The Balaban J connectivity index is 1.78. The largest absolute Gasteiger partial charge is 0.508 e. The molecule has 11 nitrogen and oxygen atoms in total. The first kappa shape index (κ1) is 27.3. The van der Waals surface area contributed by atoms with Gasteiger partial charge in [-0.05, 0) is 37.2 Å². The molecule has 1 fully saturated rings. The highest BCUT2D eigenvalue weighted by Crippen LogP contribution is 2.56. The van der Waals surface area contributed by atoms with Crippen molar-refractivity contribution in [3.63, 3.8) is 0 Å². The van der Waals surface area contributed by atoms with Crippen LogP contribution in [0, 0.1) is 11.8 Å². The molecular formula is C29H28N2O9. The molecule has 3 aliphatic carbocycles. The molecule has 0 radical (unpaired) electrons. The van der Waals surface area contributed by atoms with Gasteiger partial charge in [0.2, 0.25) is 5.78 Å². The molecule has 2 aromatic rings. The number of hydrogen-bond donors (Lipinski definition) is 6. The molecule has 0 saturated heterocycles. The van der Waals surface area contributed by atoms with Crippen molar-refractivity contribution in [3.8, 4) is 16.9 Å². The third kappa shape index (κ3) is 3.41. The summed E-state index contributed by atoms with van der Waals surface area (Å²) in [6.07, 6.45) is -1.03. The van der Waals surface area contributed by atoms with E-state index in [1.54, 1.807) is 37.3 Å². The number of aliphatic hydroxyl groups is 4. The zero-order valence-electron chi connectivity index (χ0n) is 21.8. The molecule has 7 N–H and O–H groups in total. The zero-order chi connectivity index (χ0) is 29.4. The summed E-state index contributed by atoms with van der Waals surface area (Å²) in [7, 11) is 2.89. The normalized spacial score (nSPS) is 29.7. The molecule has 6 atom stereocenters. The van der Waals surface area contributed by atoms with E-state index in [0.29, 0.717) is 23.0 Å². The van der Waals surface area contributed by atoms with Crippen LogP contribution in [0.5, 0.6) is 5.75 Å². The van der Waals surface area contributed by atoms with E-state index in [0.717, 1.165) is 0 Å². The van der Waals surface area contributed by atoms with Crippen molar-refractivity contribution >= 4 is 29.5 Å². The second-order valence-electron chi connectivity index (χ2n) is 10.7. The van der Waals surface area contributed by atoms with Crippen LogP contribution >= 0.6 is 0 Å². The Labute approximate surface area is 228 Å². The molecule has 5 rings (SSSR count). The topological polar surface area (TPSA) is 199 Å². The Bertz CT molecular complexity index is 1570. The number of amides is 1. The number of nitrogens with two attached hydrogens (primary N) is 1. The molecule has 0 bridgehead atoms. The van der Waals surface area contributed by atoms with E-state index in [1.807, 2.05) is 0 Å². The third-order valence-electron chi connectivity index (χ3n) is 8.46. The number of nitrogens with zero attached hydrogens (tertiary/aromatic N) is 1. The monoisotopic (exact) mass is 548 g/mol. The molecule has 40 heavy (non-hydrogen) atoms. The third-order valence-corrected chi connectivity index (χ3v) is 8.46. The van der Waals surface area contributed by atoms with Crippen LogP contribution in [-0.2, 0) is 14.4 Å². The molecule has 0 heterocycles. The molecule has 0 aromatic heterocycles. The van der Waals surface area contributed by atoms with Crippen LogP contribution in [0.1, 0.15) is 34.3 Å². The second-order valence-corrected chi connectivity index (χ2v) is 10.7. The van der Waals surface area contributed by atoms with Gasteiger partial charge in [0.15, 0.2) is 11.4 Å². The smallest absolute Gasteiger partial charge is 0.255 e. The highest BCUT2D eigenvalue weighted by Gasteiger charge is 2.68. The van der Waals surface area contributed by atoms with Crippen molar-refractivity contribution in [1.82, 2.24) is 4.90 Å². The fourth-order valence-electron chi connectivity index (χ4n) is 6.63. The minimum Gasteiger partial charge on any atom is -0.508 e. The fraction of sp³-hybridized carbons (Fsp3) is 0.310. The molecule has 1 amide bonds. The molecular weight excluding hydrogens is 520 g/mol. The van der Waals surface area contributed by atoms with Crippen LogP contribution in [0.3, 0.4) is 0 Å². The van der Waals surface area contributed by atoms with E-state index in [4.69, 9.17) is 5.73 Å². The summed E-state index contributed by atoms with van der Waals surface area (Å²) in [6.45, 7) is 1.66. The minimum absolute atomic E-state index is 0.120. The summed E-state index contributed by atoms with van der Waals surface area (Å²) in [5, 5.41) is 57.1. The van der Waals surface area contributed by atoms with Crippen molar-refractivity contribution in [2.24, 2.45) is 17.6 Å². The molecule has 6 unspecified atom stereocenters. The SMILES string of the molecule is CC1c2ccc(-c3cccc(C=O)c3)c(O)c2C(O)=C2C(=O)C3(O)C(O)=C(C(N)=O)C(=O)C(N(C)C)C3C(O)C21. The summed E-state index contributed by atoms with van der Waals surface area (Å²) in [5.74, 6) is -9.47. The number of benzene rings is 2. The van der Waals surface area contributed by atoms with Crippen molar-refractivity contribution in [2.45, 2.75) is 30.6 Å². The number of likely N-dealkylation sites (N-methyl/N-ethyl adjacent to an activating group) is 1. The Morgan fingerprint density at radius 1 is 1.10 bits per heavy atom. The average molecular weight is 549 g/mol. The van der Waals surface area contributed by atoms with Crippen LogP contribution < -0.4 is 5.73 Å². The molecule has 3 aliphatic rings. The lowest BCUT2D eigenvalue weighted by molar-refractivity contribution is -0.169. The maximum Gasteiger partial charge on any atom is 0.255 e. The first-order chi connectivity index (χ1) is 18.8. The maximum absolute atomic E-state index is 14.1. The van der Waals surface area contributed by atoms with Gasteiger partial charge in [-0.25, -0.2) is 0 Å². The number of fused-ring (bicyclic) bond motifs is 3. The number of carbonyl (C=O) groups excluding carboxylic acids is 4. The molecule has 0 spiro atoms. The Hall–Kier alpha value is -4.32. The van der Waals surface area contributed by atoms with E-state index in [1.165, 1.54) is 25.1 Å². The maximum atomic E-state index is 14.1. The number of rotatable bonds is 4. The molecule has 1 saturated carbocycles. The van der Waals surface area contributed by atoms with Crippen LogP contribution in [0.15, 0.2) is 53.3 Å². The number of aliphatic hydroxyl groups excluding tert-OH is 3. The number of phenols is 1. The summed E-state index contributed by atoms with van der Waals surface area (Å²) in [4.78, 5) is 52.0. The number of Topliss-reactive ketones (excluding diaryl/α,β-unsaturated/α-hetero) is 2. The van der Waals surface area contributed by atoms with Gasteiger partial charge >= 0.3 is 0 Å².